The van der Waals surface area contributed by atoms with Crippen LogP contribution < -0.4 is 4.90 Å². The maximum Gasteiger partial charge on any atom is 0.416 e. The van der Waals surface area contributed by atoms with E-state index in [0.29, 0.717) is 32.0 Å². The van der Waals surface area contributed by atoms with Crippen molar-refractivity contribution in [2.24, 2.45) is 5.92 Å². The third-order valence-corrected chi connectivity index (χ3v) is 5.97. The molecule has 1 heterocycles. The number of hydrogen-bond donors (Lipinski definition) is 0. The van der Waals surface area contributed by atoms with Gasteiger partial charge in [-0.25, -0.2) is 4.39 Å². The van der Waals surface area contributed by atoms with E-state index in [1.54, 1.807) is 29.0 Å². The van der Waals surface area contributed by atoms with Gasteiger partial charge in [0.2, 0.25) is 5.91 Å². The molecule has 1 aliphatic rings. The van der Waals surface area contributed by atoms with Crippen molar-refractivity contribution in [2.75, 3.05) is 25.0 Å². The number of amides is 1. The molecule has 0 bridgehead atoms. The molecule has 0 N–H and O–H groups in total. The first-order valence-corrected chi connectivity index (χ1v) is 10.1. The van der Waals surface area contributed by atoms with Crippen LogP contribution in [0.1, 0.15) is 36.9 Å². The van der Waals surface area contributed by atoms with Crippen molar-refractivity contribution >= 4 is 17.3 Å². The van der Waals surface area contributed by atoms with Crippen LogP contribution in [0.25, 0.3) is 0 Å². The number of piperidine rings is 1. The normalized spacial score (nSPS) is 16.0. The van der Waals surface area contributed by atoms with Crippen LogP contribution in [0.15, 0.2) is 42.5 Å². The van der Waals surface area contributed by atoms with Crippen molar-refractivity contribution in [1.29, 1.82) is 0 Å². The first-order valence-electron chi connectivity index (χ1n) is 10.1. The molecular weight excluding hydrogens is 430 g/mol. The Kier molecular flexibility index (Phi) is 6.71. The molecule has 0 aliphatic carbocycles. The second kappa shape index (κ2) is 9.13. The minimum Gasteiger partial charge on any atom is -0.366 e. The summed E-state index contributed by atoms with van der Waals surface area (Å²) in [5.41, 5.74) is -0.775. The molecule has 1 amide bonds. The Bertz CT molecular complexity index is 987. The highest BCUT2D eigenvalue weighted by atomic mass is 19.4. The Hall–Kier alpha value is -3.17. The number of halogens is 4. The lowest BCUT2D eigenvalue weighted by Gasteiger charge is -2.36. The molecule has 1 unspecified atom stereocenters. The van der Waals surface area contributed by atoms with Gasteiger partial charge in [-0.05, 0) is 49.6 Å². The molecule has 0 radical (unpaired) electrons. The van der Waals surface area contributed by atoms with Gasteiger partial charge >= 0.3 is 6.18 Å². The summed E-state index contributed by atoms with van der Waals surface area (Å²) in [5, 5.41) is 11.4. The molecule has 0 spiro atoms. The van der Waals surface area contributed by atoms with E-state index in [4.69, 9.17) is 0 Å². The predicted molar refractivity (Wildman–Crippen MR) is 111 cm³/mol. The molecule has 3 rings (SSSR count). The Labute approximate surface area is 182 Å². The van der Waals surface area contributed by atoms with Crippen LogP contribution in [-0.4, -0.2) is 35.9 Å². The van der Waals surface area contributed by atoms with E-state index < -0.39 is 22.4 Å². The summed E-state index contributed by atoms with van der Waals surface area (Å²) in [4.78, 5) is 26.7. The summed E-state index contributed by atoms with van der Waals surface area (Å²) >= 11 is 0. The zero-order chi connectivity index (χ0) is 23.6. The summed E-state index contributed by atoms with van der Waals surface area (Å²) in [6.07, 6.45) is -3.84. The first kappa shape index (κ1) is 23.5. The number of carbonyl (C=O) groups excluding carboxylic acids is 1. The number of nitro groups is 1. The van der Waals surface area contributed by atoms with Gasteiger partial charge in [0, 0.05) is 32.1 Å². The predicted octanol–water partition coefficient (Wildman–Crippen LogP) is 5.19. The molecule has 2 aromatic carbocycles. The maximum atomic E-state index is 13.2. The molecule has 1 saturated heterocycles. The summed E-state index contributed by atoms with van der Waals surface area (Å²) in [6, 6.07) is 8.14. The zero-order valence-corrected chi connectivity index (χ0v) is 17.6. The molecular formula is C22H23F4N3O3. The largest absolute Gasteiger partial charge is 0.416 e. The van der Waals surface area contributed by atoms with Gasteiger partial charge in [0.15, 0.2) is 0 Å². The van der Waals surface area contributed by atoms with Gasteiger partial charge in [-0.2, -0.15) is 13.2 Å². The van der Waals surface area contributed by atoms with E-state index in [9.17, 15) is 32.5 Å². The number of alkyl halides is 3. The number of carbonyl (C=O) groups is 1. The first-order chi connectivity index (χ1) is 15.0. The number of nitrogens with zero attached hydrogens (tertiary/aromatic N) is 3. The fourth-order valence-corrected chi connectivity index (χ4v) is 3.92. The fourth-order valence-electron chi connectivity index (χ4n) is 3.92. The van der Waals surface area contributed by atoms with Crippen molar-refractivity contribution in [3.63, 3.8) is 0 Å². The number of hydrogen-bond acceptors (Lipinski definition) is 4. The number of anilines is 1. The number of rotatable bonds is 5. The average Bonchev–Trinajstić information content (AvgIpc) is 2.77. The van der Waals surface area contributed by atoms with Crippen LogP contribution in [0.2, 0.25) is 0 Å². The van der Waals surface area contributed by atoms with Crippen LogP contribution in [-0.2, 0) is 11.0 Å². The zero-order valence-electron chi connectivity index (χ0n) is 17.6. The van der Waals surface area contributed by atoms with Crippen LogP contribution >= 0.6 is 0 Å². The van der Waals surface area contributed by atoms with Crippen molar-refractivity contribution in [3.05, 3.63) is 69.5 Å². The average molecular weight is 453 g/mol. The van der Waals surface area contributed by atoms with Crippen LogP contribution in [0.4, 0.5) is 28.9 Å². The van der Waals surface area contributed by atoms with E-state index in [2.05, 4.69) is 0 Å². The molecule has 32 heavy (non-hydrogen) atoms. The standard InChI is InChI=1S/C22H23F4N3O3/c1-14(15-3-6-18(23)7-4-15)27(2)21(30)16-9-11-28(12-10-16)19-8-5-17(22(24,25)26)13-20(19)29(31)32/h3-8,13-14,16H,9-12H2,1-2H3. The van der Waals surface area contributed by atoms with Gasteiger partial charge in [0.25, 0.3) is 5.69 Å². The number of benzene rings is 2. The van der Waals surface area contributed by atoms with E-state index in [0.717, 1.165) is 17.7 Å². The molecule has 6 nitrogen and oxygen atoms in total. The molecule has 1 fully saturated rings. The molecule has 0 aromatic heterocycles. The molecule has 10 heteroatoms. The highest BCUT2D eigenvalue weighted by Gasteiger charge is 2.35. The molecule has 1 atom stereocenters. The van der Waals surface area contributed by atoms with Gasteiger partial charge in [0.05, 0.1) is 16.5 Å². The van der Waals surface area contributed by atoms with Crippen molar-refractivity contribution in [3.8, 4) is 0 Å². The highest BCUT2D eigenvalue weighted by molar-refractivity contribution is 5.79. The molecule has 172 valence electrons. The summed E-state index contributed by atoms with van der Waals surface area (Å²) in [5.74, 6) is -0.768. The second-order valence-corrected chi connectivity index (χ2v) is 7.90. The Morgan fingerprint density at radius 3 is 2.28 bits per heavy atom. The summed E-state index contributed by atoms with van der Waals surface area (Å²) < 4.78 is 51.9. The van der Waals surface area contributed by atoms with Gasteiger partial charge < -0.3 is 9.80 Å². The molecule has 1 aliphatic heterocycles. The van der Waals surface area contributed by atoms with Crippen molar-refractivity contribution in [1.82, 2.24) is 4.90 Å². The Morgan fingerprint density at radius 2 is 1.75 bits per heavy atom. The Balaban J connectivity index is 1.69. The third kappa shape index (κ3) is 5.00. The van der Waals surface area contributed by atoms with E-state index in [1.807, 2.05) is 6.92 Å². The number of nitro benzene ring substituents is 1. The third-order valence-electron chi connectivity index (χ3n) is 5.97. The Morgan fingerprint density at radius 1 is 1.16 bits per heavy atom. The van der Waals surface area contributed by atoms with Gasteiger partial charge in [0.1, 0.15) is 11.5 Å². The summed E-state index contributed by atoms with van der Waals surface area (Å²) in [7, 11) is 1.67. The molecule has 0 saturated carbocycles. The highest BCUT2D eigenvalue weighted by Crippen LogP contribution is 2.38. The van der Waals surface area contributed by atoms with E-state index in [1.165, 1.54) is 12.1 Å². The quantitative estimate of drug-likeness (QED) is 0.355. The second-order valence-electron chi connectivity index (χ2n) is 7.90. The van der Waals surface area contributed by atoms with Gasteiger partial charge in [-0.1, -0.05) is 12.1 Å². The lowest BCUT2D eigenvalue weighted by molar-refractivity contribution is -0.384. The van der Waals surface area contributed by atoms with Crippen molar-refractivity contribution in [2.45, 2.75) is 32.0 Å². The topological polar surface area (TPSA) is 66.7 Å². The SMILES string of the molecule is CC(c1ccc(F)cc1)N(C)C(=O)C1CCN(c2ccc(C(F)(F)F)cc2[N+](=O)[O-])CC1. The van der Waals surface area contributed by atoms with Crippen LogP contribution in [0.3, 0.4) is 0 Å². The lowest BCUT2D eigenvalue weighted by Crippen LogP contribution is -2.42. The fraction of sp³-hybridized carbons (Fsp3) is 0.409. The van der Waals surface area contributed by atoms with Gasteiger partial charge in [-0.15, -0.1) is 0 Å². The van der Waals surface area contributed by atoms with Crippen molar-refractivity contribution < 1.29 is 27.3 Å². The summed E-state index contributed by atoms with van der Waals surface area (Å²) in [6.45, 7) is 2.45. The van der Waals surface area contributed by atoms with E-state index >= 15 is 0 Å². The van der Waals surface area contributed by atoms with Crippen LogP contribution in [0.5, 0.6) is 0 Å². The van der Waals surface area contributed by atoms with E-state index in [-0.39, 0.29) is 29.4 Å². The van der Waals surface area contributed by atoms with Gasteiger partial charge in [-0.3, -0.25) is 14.9 Å². The maximum absolute atomic E-state index is 13.2. The minimum absolute atomic E-state index is 0.0941. The molecule has 2 aromatic rings. The lowest BCUT2D eigenvalue weighted by atomic mass is 9.93. The van der Waals surface area contributed by atoms with Crippen LogP contribution in [0, 0.1) is 21.8 Å². The smallest absolute Gasteiger partial charge is 0.366 e. The minimum atomic E-state index is -4.67. The monoisotopic (exact) mass is 453 g/mol.